The number of hydrogen-bond acceptors (Lipinski definition) is 0. The lowest BCUT2D eigenvalue weighted by Gasteiger charge is -2.12. The first kappa shape index (κ1) is 10.5. The minimum absolute atomic E-state index is 0.451. The average molecular weight is 239 g/mol. The van der Waals surface area contributed by atoms with Crippen molar-refractivity contribution < 1.29 is 0 Å². The van der Waals surface area contributed by atoms with Crippen LogP contribution >= 0.6 is 15.9 Å². The van der Waals surface area contributed by atoms with E-state index < -0.39 is 0 Å². The lowest BCUT2D eigenvalue weighted by Crippen LogP contribution is -1.94. The molecule has 0 nitrogen and oxygen atoms in total. The van der Waals surface area contributed by atoms with Crippen LogP contribution in [-0.4, -0.2) is 0 Å². The molecule has 0 amide bonds. The van der Waals surface area contributed by atoms with Crippen molar-refractivity contribution in [2.45, 2.75) is 26.7 Å². The molecule has 1 rings (SSSR count). The summed E-state index contributed by atoms with van der Waals surface area (Å²) in [4.78, 5) is 0. The minimum Gasteiger partial charge on any atom is -0.0995 e. The zero-order valence-electron chi connectivity index (χ0n) is 8.39. The van der Waals surface area contributed by atoms with Crippen LogP contribution in [0.2, 0.25) is 0 Å². The Morgan fingerprint density at radius 2 is 2.08 bits per heavy atom. The molecule has 0 fully saturated rings. The number of rotatable bonds is 2. The third-order valence-corrected chi connectivity index (χ3v) is 3.31. The topological polar surface area (TPSA) is 0 Å². The molecule has 0 saturated heterocycles. The summed E-state index contributed by atoms with van der Waals surface area (Å²) >= 11 is 3.49. The molecular formula is C12H15Br. The van der Waals surface area contributed by atoms with Crippen LogP contribution in [0.3, 0.4) is 0 Å². The summed E-state index contributed by atoms with van der Waals surface area (Å²) in [6.45, 7) is 10.3. The molecule has 1 aromatic carbocycles. The van der Waals surface area contributed by atoms with Gasteiger partial charge in [-0.1, -0.05) is 47.1 Å². The highest BCUT2D eigenvalue weighted by Crippen LogP contribution is 2.25. The van der Waals surface area contributed by atoms with Crippen LogP contribution in [0.4, 0.5) is 0 Å². The molecule has 1 unspecified atom stereocenters. The number of benzene rings is 1. The molecule has 0 aliphatic rings. The Kier molecular flexibility index (Phi) is 3.32. The van der Waals surface area contributed by atoms with Crippen molar-refractivity contribution >= 4 is 15.9 Å². The molecule has 1 atom stereocenters. The van der Waals surface area contributed by atoms with Gasteiger partial charge in [-0.05, 0) is 31.0 Å². The van der Waals surface area contributed by atoms with Crippen LogP contribution < -0.4 is 0 Å². The van der Waals surface area contributed by atoms with Gasteiger partial charge in [-0.2, -0.15) is 0 Å². The monoisotopic (exact) mass is 238 g/mol. The molecule has 0 N–H and O–H groups in total. The van der Waals surface area contributed by atoms with Crippen molar-refractivity contribution in [1.82, 2.24) is 0 Å². The quantitative estimate of drug-likeness (QED) is 0.669. The van der Waals surface area contributed by atoms with Crippen molar-refractivity contribution in [2.75, 3.05) is 0 Å². The van der Waals surface area contributed by atoms with Crippen LogP contribution in [0.5, 0.6) is 0 Å². The smallest absolute Gasteiger partial charge is 0.0204 e. The van der Waals surface area contributed by atoms with Gasteiger partial charge >= 0.3 is 0 Å². The number of allylic oxidation sites excluding steroid dienone is 1. The first-order chi connectivity index (χ1) is 6.02. The molecule has 13 heavy (non-hydrogen) atoms. The van der Waals surface area contributed by atoms with Crippen molar-refractivity contribution in [1.29, 1.82) is 0 Å². The van der Waals surface area contributed by atoms with E-state index in [2.05, 4.69) is 61.5 Å². The van der Waals surface area contributed by atoms with Crippen molar-refractivity contribution in [3.63, 3.8) is 0 Å². The van der Waals surface area contributed by atoms with Crippen LogP contribution in [0.25, 0.3) is 0 Å². The average Bonchev–Trinajstić information content (AvgIpc) is 2.08. The van der Waals surface area contributed by atoms with Crippen molar-refractivity contribution in [3.05, 3.63) is 46.0 Å². The predicted octanol–water partition coefficient (Wildman–Crippen LogP) is 4.44. The van der Waals surface area contributed by atoms with E-state index >= 15 is 0 Å². The SMILES string of the molecule is C=C(C)C(C)c1ccc(Br)c(C)c1. The second-order valence-corrected chi connectivity index (χ2v) is 4.43. The van der Waals surface area contributed by atoms with Crippen LogP contribution in [0, 0.1) is 6.92 Å². The van der Waals surface area contributed by atoms with E-state index in [0.717, 1.165) is 0 Å². The first-order valence-electron chi connectivity index (χ1n) is 4.44. The van der Waals surface area contributed by atoms with Gasteiger partial charge in [-0.25, -0.2) is 0 Å². The molecule has 0 aromatic heterocycles. The molecule has 1 aromatic rings. The van der Waals surface area contributed by atoms with Gasteiger partial charge in [-0.15, -0.1) is 0 Å². The van der Waals surface area contributed by atoms with E-state index in [4.69, 9.17) is 0 Å². The van der Waals surface area contributed by atoms with E-state index in [-0.39, 0.29) is 0 Å². The highest BCUT2D eigenvalue weighted by atomic mass is 79.9. The third-order valence-electron chi connectivity index (χ3n) is 2.42. The maximum atomic E-state index is 3.97. The zero-order chi connectivity index (χ0) is 10.0. The highest BCUT2D eigenvalue weighted by molar-refractivity contribution is 9.10. The fourth-order valence-corrected chi connectivity index (χ4v) is 1.47. The molecule has 0 radical (unpaired) electrons. The highest BCUT2D eigenvalue weighted by Gasteiger charge is 2.06. The molecule has 70 valence electrons. The summed E-state index contributed by atoms with van der Waals surface area (Å²) in [5.41, 5.74) is 3.83. The van der Waals surface area contributed by atoms with Gasteiger partial charge in [0.15, 0.2) is 0 Å². The second-order valence-electron chi connectivity index (χ2n) is 3.58. The Balaban J connectivity index is 3.03. The third kappa shape index (κ3) is 2.44. The van der Waals surface area contributed by atoms with E-state index in [9.17, 15) is 0 Å². The zero-order valence-corrected chi connectivity index (χ0v) is 9.98. The molecule has 0 spiro atoms. The normalized spacial score (nSPS) is 12.6. The summed E-state index contributed by atoms with van der Waals surface area (Å²) in [5.74, 6) is 0.451. The van der Waals surface area contributed by atoms with Gasteiger partial charge < -0.3 is 0 Å². The minimum atomic E-state index is 0.451. The fraction of sp³-hybridized carbons (Fsp3) is 0.333. The predicted molar refractivity (Wildman–Crippen MR) is 62.1 cm³/mol. The van der Waals surface area contributed by atoms with Gasteiger partial charge in [0.1, 0.15) is 0 Å². The summed E-state index contributed by atoms with van der Waals surface area (Å²) in [6, 6.07) is 6.46. The molecule has 0 aliphatic carbocycles. The van der Waals surface area contributed by atoms with Gasteiger partial charge in [0.05, 0.1) is 0 Å². The molecule has 0 heterocycles. The summed E-state index contributed by atoms with van der Waals surface area (Å²) in [5, 5.41) is 0. The maximum absolute atomic E-state index is 3.97. The van der Waals surface area contributed by atoms with Crippen molar-refractivity contribution in [3.8, 4) is 0 Å². The Morgan fingerprint density at radius 3 is 2.54 bits per heavy atom. The van der Waals surface area contributed by atoms with E-state index in [1.54, 1.807) is 0 Å². The molecule has 0 saturated carbocycles. The van der Waals surface area contributed by atoms with E-state index in [1.165, 1.54) is 21.2 Å². The van der Waals surface area contributed by atoms with Crippen LogP contribution in [-0.2, 0) is 0 Å². The van der Waals surface area contributed by atoms with E-state index in [1.807, 2.05) is 0 Å². The number of aryl methyl sites for hydroxylation is 1. The van der Waals surface area contributed by atoms with Crippen LogP contribution in [0.1, 0.15) is 30.9 Å². The summed E-state index contributed by atoms with van der Waals surface area (Å²) < 4.78 is 1.17. The molecular weight excluding hydrogens is 224 g/mol. The standard InChI is InChI=1S/C12H15Br/c1-8(2)10(4)11-5-6-12(13)9(3)7-11/h5-7,10H,1H2,2-4H3. The second kappa shape index (κ2) is 4.10. The molecule has 0 bridgehead atoms. The largest absolute Gasteiger partial charge is 0.0995 e. The number of halogens is 1. The maximum Gasteiger partial charge on any atom is 0.0204 e. The van der Waals surface area contributed by atoms with Gasteiger partial charge in [0.25, 0.3) is 0 Å². The Morgan fingerprint density at radius 1 is 1.46 bits per heavy atom. The Labute approximate surface area is 88.8 Å². The Bertz CT molecular complexity index is 326. The van der Waals surface area contributed by atoms with Gasteiger partial charge in [0.2, 0.25) is 0 Å². The van der Waals surface area contributed by atoms with Gasteiger partial charge in [-0.3, -0.25) is 0 Å². The first-order valence-corrected chi connectivity index (χ1v) is 5.23. The molecule has 0 aliphatic heterocycles. The van der Waals surface area contributed by atoms with Crippen molar-refractivity contribution in [2.24, 2.45) is 0 Å². The molecule has 1 heteroatoms. The summed E-state index contributed by atoms with van der Waals surface area (Å²) in [6.07, 6.45) is 0. The summed E-state index contributed by atoms with van der Waals surface area (Å²) in [7, 11) is 0. The van der Waals surface area contributed by atoms with E-state index in [0.29, 0.717) is 5.92 Å². The number of hydrogen-bond donors (Lipinski definition) is 0. The lowest BCUT2D eigenvalue weighted by atomic mass is 9.94. The van der Waals surface area contributed by atoms with Crippen LogP contribution in [0.15, 0.2) is 34.8 Å². The Hall–Kier alpha value is -0.560. The lowest BCUT2D eigenvalue weighted by molar-refractivity contribution is 0.896. The fourth-order valence-electron chi connectivity index (χ4n) is 1.22. The van der Waals surface area contributed by atoms with Gasteiger partial charge in [0, 0.05) is 10.4 Å².